The van der Waals surface area contributed by atoms with E-state index in [-0.39, 0.29) is 18.0 Å². The lowest BCUT2D eigenvalue weighted by atomic mass is 10.2. The minimum atomic E-state index is -0.266. The van der Waals surface area contributed by atoms with Crippen LogP contribution in [0, 0.1) is 0 Å². The van der Waals surface area contributed by atoms with Gasteiger partial charge in [0.2, 0.25) is 5.91 Å². The zero-order valence-electron chi connectivity index (χ0n) is 12.1. The highest BCUT2D eigenvalue weighted by Gasteiger charge is 2.13. The van der Waals surface area contributed by atoms with Crippen molar-refractivity contribution in [2.45, 2.75) is 13.1 Å². The Hall–Kier alpha value is -2.89. The maximum Gasteiger partial charge on any atom is 0.275 e. The smallest absolute Gasteiger partial charge is 0.275 e. The molecule has 0 atom stereocenters. The van der Waals surface area contributed by atoms with Crippen LogP contribution in [0.15, 0.2) is 58.1 Å². The molecule has 0 N–H and O–H groups in total. The van der Waals surface area contributed by atoms with Gasteiger partial charge in [-0.2, -0.15) is 5.10 Å². The zero-order chi connectivity index (χ0) is 15.5. The van der Waals surface area contributed by atoms with E-state index in [4.69, 9.17) is 4.42 Å². The average molecular weight is 297 g/mol. The average Bonchev–Trinajstić information content (AvgIpc) is 3.03. The minimum absolute atomic E-state index is 0.0964. The van der Waals surface area contributed by atoms with Gasteiger partial charge >= 0.3 is 0 Å². The van der Waals surface area contributed by atoms with Crippen molar-refractivity contribution in [1.29, 1.82) is 0 Å². The first-order valence-corrected chi connectivity index (χ1v) is 6.86. The lowest BCUT2D eigenvalue weighted by Crippen LogP contribution is -2.34. The van der Waals surface area contributed by atoms with E-state index in [1.165, 1.54) is 9.58 Å². The zero-order valence-corrected chi connectivity index (χ0v) is 12.1. The van der Waals surface area contributed by atoms with E-state index < -0.39 is 0 Å². The normalized spacial score (nSPS) is 10.8. The van der Waals surface area contributed by atoms with Crippen molar-refractivity contribution in [1.82, 2.24) is 14.7 Å². The highest BCUT2D eigenvalue weighted by molar-refractivity contribution is 5.81. The Morgan fingerprint density at radius 3 is 2.86 bits per heavy atom. The molecule has 2 heterocycles. The number of likely N-dealkylation sites (N-methyl/N-ethyl adjacent to an activating group) is 1. The molecule has 0 radical (unpaired) electrons. The van der Waals surface area contributed by atoms with Gasteiger partial charge in [-0.25, -0.2) is 4.68 Å². The number of furan rings is 1. The molecule has 0 aliphatic heterocycles. The Morgan fingerprint density at radius 1 is 1.27 bits per heavy atom. The molecule has 0 spiro atoms. The number of hydrogen-bond donors (Lipinski definition) is 0. The third-order valence-corrected chi connectivity index (χ3v) is 3.45. The first-order chi connectivity index (χ1) is 10.6. The molecule has 6 heteroatoms. The van der Waals surface area contributed by atoms with Crippen molar-refractivity contribution in [3.05, 3.63) is 65.0 Å². The van der Waals surface area contributed by atoms with Crippen LogP contribution in [0.2, 0.25) is 0 Å². The molecule has 1 amide bonds. The molecule has 6 nitrogen and oxygen atoms in total. The van der Waals surface area contributed by atoms with Gasteiger partial charge in [-0.1, -0.05) is 18.2 Å². The number of amides is 1. The van der Waals surface area contributed by atoms with Crippen LogP contribution in [0.5, 0.6) is 0 Å². The van der Waals surface area contributed by atoms with Crippen LogP contribution < -0.4 is 5.56 Å². The number of carbonyl (C=O) groups is 1. The fourth-order valence-corrected chi connectivity index (χ4v) is 2.21. The first kappa shape index (κ1) is 14.1. The molecular formula is C16H15N3O3. The number of hydrogen-bond acceptors (Lipinski definition) is 4. The number of aromatic nitrogens is 2. The molecule has 0 unspecified atom stereocenters. The summed E-state index contributed by atoms with van der Waals surface area (Å²) in [6.07, 6.45) is 3.15. The van der Waals surface area contributed by atoms with E-state index in [0.29, 0.717) is 17.7 Å². The van der Waals surface area contributed by atoms with Crippen molar-refractivity contribution in [3.8, 4) is 0 Å². The summed E-state index contributed by atoms with van der Waals surface area (Å²) in [5, 5.41) is 5.38. The Balaban J connectivity index is 1.79. The maximum absolute atomic E-state index is 12.3. The summed E-state index contributed by atoms with van der Waals surface area (Å²) in [4.78, 5) is 26.0. The van der Waals surface area contributed by atoms with E-state index in [1.807, 2.05) is 12.1 Å². The largest absolute Gasteiger partial charge is 0.467 e. The van der Waals surface area contributed by atoms with Gasteiger partial charge in [-0.05, 0) is 18.2 Å². The molecule has 0 fully saturated rings. The van der Waals surface area contributed by atoms with Crippen molar-refractivity contribution in [3.63, 3.8) is 0 Å². The second kappa shape index (κ2) is 5.85. The van der Waals surface area contributed by atoms with Crippen LogP contribution in [0.3, 0.4) is 0 Å². The number of rotatable bonds is 4. The quantitative estimate of drug-likeness (QED) is 0.734. The van der Waals surface area contributed by atoms with Gasteiger partial charge in [0.1, 0.15) is 12.3 Å². The molecule has 1 aromatic carbocycles. The summed E-state index contributed by atoms with van der Waals surface area (Å²) in [7, 11) is 1.66. The van der Waals surface area contributed by atoms with E-state index in [2.05, 4.69) is 5.10 Å². The molecule has 22 heavy (non-hydrogen) atoms. The highest BCUT2D eigenvalue weighted by Crippen LogP contribution is 2.07. The van der Waals surface area contributed by atoms with Crippen LogP contribution in [0.4, 0.5) is 0 Å². The Kier molecular flexibility index (Phi) is 3.74. The van der Waals surface area contributed by atoms with E-state index in [1.54, 1.807) is 43.8 Å². The summed E-state index contributed by atoms with van der Waals surface area (Å²) in [5.41, 5.74) is -0.266. The predicted molar refractivity (Wildman–Crippen MR) is 81.2 cm³/mol. The van der Waals surface area contributed by atoms with Crippen LogP contribution in [-0.2, 0) is 17.9 Å². The van der Waals surface area contributed by atoms with Gasteiger partial charge in [-0.15, -0.1) is 0 Å². The van der Waals surface area contributed by atoms with Gasteiger partial charge in [-0.3, -0.25) is 9.59 Å². The third kappa shape index (κ3) is 2.76. The fraction of sp³-hybridized carbons (Fsp3) is 0.188. The summed E-state index contributed by atoms with van der Waals surface area (Å²) in [5.74, 6) is 0.482. The molecule has 3 rings (SSSR count). The lowest BCUT2D eigenvalue weighted by molar-refractivity contribution is -0.131. The molecule has 0 bridgehead atoms. The molecule has 0 saturated carbocycles. The summed E-state index contributed by atoms with van der Waals surface area (Å²) in [6, 6.07) is 10.7. The number of nitrogens with zero attached hydrogens (tertiary/aromatic N) is 3. The number of benzene rings is 1. The maximum atomic E-state index is 12.3. The second-order valence-electron chi connectivity index (χ2n) is 5.02. The molecule has 3 aromatic rings. The number of fused-ring (bicyclic) bond motifs is 1. The van der Waals surface area contributed by atoms with Crippen LogP contribution >= 0.6 is 0 Å². The van der Waals surface area contributed by atoms with Gasteiger partial charge in [0.25, 0.3) is 5.56 Å². The van der Waals surface area contributed by atoms with Crippen molar-refractivity contribution in [2.24, 2.45) is 0 Å². The van der Waals surface area contributed by atoms with Gasteiger partial charge in [0.15, 0.2) is 0 Å². The predicted octanol–water partition coefficient (Wildman–Crippen LogP) is 1.65. The van der Waals surface area contributed by atoms with Gasteiger partial charge in [0, 0.05) is 12.4 Å². The lowest BCUT2D eigenvalue weighted by Gasteiger charge is -2.16. The molecule has 0 aliphatic carbocycles. The Morgan fingerprint density at radius 2 is 2.09 bits per heavy atom. The van der Waals surface area contributed by atoms with Crippen LogP contribution in [-0.4, -0.2) is 27.6 Å². The number of carbonyl (C=O) groups excluding carboxylic acids is 1. The summed E-state index contributed by atoms with van der Waals surface area (Å²) >= 11 is 0. The molecule has 112 valence electrons. The second-order valence-corrected chi connectivity index (χ2v) is 5.02. The molecule has 2 aromatic heterocycles. The monoisotopic (exact) mass is 297 g/mol. The first-order valence-electron chi connectivity index (χ1n) is 6.86. The van der Waals surface area contributed by atoms with Crippen molar-refractivity contribution in [2.75, 3.05) is 7.05 Å². The topological polar surface area (TPSA) is 68.3 Å². The standard InChI is InChI=1S/C16H15N3O3/c1-18(10-13-6-4-8-22-13)15(20)11-19-16(21)14-7-3-2-5-12(14)9-17-19/h2-9H,10-11H2,1H3. The van der Waals surface area contributed by atoms with Gasteiger partial charge in [0.05, 0.1) is 24.4 Å². The third-order valence-electron chi connectivity index (χ3n) is 3.45. The highest BCUT2D eigenvalue weighted by atomic mass is 16.3. The van der Waals surface area contributed by atoms with Crippen molar-refractivity contribution < 1.29 is 9.21 Å². The fourth-order valence-electron chi connectivity index (χ4n) is 2.21. The molecular weight excluding hydrogens is 282 g/mol. The molecule has 0 saturated heterocycles. The van der Waals surface area contributed by atoms with Crippen molar-refractivity contribution >= 4 is 16.7 Å². The van der Waals surface area contributed by atoms with Gasteiger partial charge < -0.3 is 9.32 Å². The molecule has 0 aliphatic rings. The Bertz CT molecular complexity index is 852. The summed E-state index contributed by atoms with van der Waals surface area (Å²) in [6.45, 7) is 0.259. The van der Waals surface area contributed by atoms with E-state index in [9.17, 15) is 9.59 Å². The van der Waals surface area contributed by atoms with E-state index in [0.717, 1.165) is 5.39 Å². The minimum Gasteiger partial charge on any atom is -0.467 e. The van der Waals surface area contributed by atoms with E-state index >= 15 is 0 Å². The Labute approximate surface area is 126 Å². The van der Waals surface area contributed by atoms with Crippen LogP contribution in [0.25, 0.3) is 10.8 Å². The van der Waals surface area contributed by atoms with Crippen LogP contribution in [0.1, 0.15) is 5.76 Å². The SMILES string of the molecule is CN(Cc1ccco1)C(=O)Cn1ncc2ccccc2c1=O. The summed E-state index contributed by atoms with van der Waals surface area (Å²) < 4.78 is 6.39.